The molecule has 0 saturated heterocycles. The number of rotatable bonds is 2. The molecule has 1 rings (SSSR count). The van der Waals surface area contributed by atoms with Crippen molar-refractivity contribution in [1.29, 1.82) is 0 Å². The average molecular weight is 155 g/mol. The van der Waals surface area contributed by atoms with E-state index in [0.29, 0.717) is 5.46 Å². The Kier molecular flexibility index (Phi) is 2.56. The van der Waals surface area contributed by atoms with Crippen LogP contribution in [-0.4, -0.2) is 24.2 Å². The number of hydrogen-bond acceptors (Lipinski definition) is 3. The number of hydrogen-bond donors (Lipinski definition) is 1. The van der Waals surface area contributed by atoms with Crippen molar-refractivity contribution in [3.8, 4) is 0 Å². The Bertz CT molecular complexity index is 246. The van der Waals surface area contributed by atoms with Gasteiger partial charge < -0.3 is 9.68 Å². The Morgan fingerprint density at radius 1 is 1.73 bits per heavy atom. The van der Waals surface area contributed by atoms with E-state index in [1.807, 2.05) is 0 Å². The van der Waals surface area contributed by atoms with E-state index in [1.54, 1.807) is 0 Å². The van der Waals surface area contributed by atoms with E-state index in [1.165, 1.54) is 19.4 Å². The molecule has 0 saturated carbocycles. The Balaban J connectivity index is 2.86. The van der Waals surface area contributed by atoms with Gasteiger partial charge in [0.05, 0.1) is 0 Å². The highest BCUT2D eigenvalue weighted by molar-refractivity contribution is 6.59. The zero-order valence-electron chi connectivity index (χ0n) is 5.99. The van der Waals surface area contributed by atoms with Crippen LogP contribution in [0.15, 0.2) is 18.3 Å². The van der Waals surface area contributed by atoms with Gasteiger partial charge in [0, 0.05) is 13.3 Å². The molecule has 0 radical (unpaired) electrons. The van der Waals surface area contributed by atoms with E-state index in [0.717, 1.165) is 6.07 Å². The Morgan fingerprint density at radius 2 is 2.45 bits per heavy atom. The highest BCUT2D eigenvalue weighted by Crippen LogP contribution is 1.89. The van der Waals surface area contributed by atoms with Gasteiger partial charge in [0.15, 0.2) is 0 Å². The third kappa shape index (κ3) is 1.99. The molecule has 0 aliphatic carbocycles. The molecule has 0 bridgehead atoms. The van der Waals surface area contributed by atoms with Crippen molar-refractivity contribution in [2.45, 2.75) is 0 Å². The van der Waals surface area contributed by atoms with Gasteiger partial charge in [-0.15, -0.1) is 0 Å². The molecule has 58 valence electrons. The molecule has 0 fully saturated rings. The summed E-state index contributed by atoms with van der Waals surface area (Å²) in [6.45, 7) is 0. The molecule has 0 spiro atoms. The zero-order chi connectivity index (χ0) is 8.27. The lowest BCUT2D eigenvalue weighted by atomic mass is 9.80. The van der Waals surface area contributed by atoms with Gasteiger partial charge >= 0.3 is 7.12 Å². The van der Waals surface area contributed by atoms with E-state index < -0.39 is 13.1 Å². The molecule has 0 unspecified atom stereocenters. The lowest BCUT2D eigenvalue weighted by molar-refractivity contribution is 0.341. The van der Waals surface area contributed by atoms with Crippen LogP contribution in [-0.2, 0) is 4.65 Å². The van der Waals surface area contributed by atoms with Crippen LogP contribution in [0, 0.1) is 5.95 Å². The van der Waals surface area contributed by atoms with E-state index in [2.05, 4.69) is 9.64 Å². The number of aromatic nitrogens is 1. The van der Waals surface area contributed by atoms with Crippen molar-refractivity contribution < 1.29 is 14.1 Å². The van der Waals surface area contributed by atoms with Crippen LogP contribution in [0.4, 0.5) is 4.39 Å². The second-order valence-corrected chi connectivity index (χ2v) is 2.00. The maximum atomic E-state index is 12.4. The topological polar surface area (TPSA) is 42.4 Å². The average Bonchev–Trinajstić information content (AvgIpc) is 2.03. The van der Waals surface area contributed by atoms with Gasteiger partial charge in [-0.25, -0.2) is 4.98 Å². The molecule has 1 aromatic rings. The van der Waals surface area contributed by atoms with Gasteiger partial charge in [-0.3, -0.25) is 0 Å². The van der Waals surface area contributed by atoms with Crippen molar-refractivity contribution in [2.75, 3.05) is 7.11 Å². The summed E-state index contributed by atoms with van der Waals surface area (Å²) in [5.74, 6) is -0.626. The van der Waals surface area contributed by atoms with Crippen molar-refractivity contribution >= 4 is 12.6 Å². The molecule has 0 amide bonds. The minimum Gasteiger partial charge on any atom is -0.423 e. The monoisotopic (exact) mass is 155 g/mol. The summed E-state index contributed by atoms with van der Waals surface area (Å²) in [5, 5.41) is 9.04. The normalized spacial score (nSPS) is 9.73. The molecular weight excluding hydrogens is 148 g/mol. The van der Waals surface area contributed by atoms with Gasteiger partial charge in [0.2, 0.25) is 5.95 Å². The number of nitrogens with zero attached hydrogens (tertiary/aromatic N) is 1. The molecule has 1 heterocycles. The number of halogens is 1. The lowest BCUT2D eigenvalue weighted by Gasteiger charge is -2.01. The number of pyridine rings is 1. The third-order valence-electron chi connectivity index (χ3n) is 1.26. The van der Waals surface area contributed by atoms with Crippen LogP contribution >= 0.6 is 0 Å². The minimum atomic E-state index is -1.08. The van der Waals surface area contributed by atoms with Gasteiger partial charge in [-0.1, -0.05) is 0 Å². The quantitative estimate of drug-likeness (QED) is 0.464. The van der Waals surface area contributed by atoms with Crippen molar-refractivity contribution in [1.82, 2.24) is 4.98 Å². The fourth-order valence-corrected chi connectivity index (χ4v) is 0.707. The fourth-order valence-electron chi connectivity index (χ4n) is 0.707. The smallest absolute Gasteiger partial charge is 0.423 e. The largest absolute Gasteiger partial charge is 0.491 e. The third-order valence-corrected chi connectivity index (χ3v) is 1.26. The first-order valence-electron chi connectivity index (χ1n) is 3.06. The Labute approximate surface area is 64.0 Å². The van der Waals surface area contributed by atoms with Gasteiger partial charge in [0.1, 0.15) is 0 Å². The lowest BCUT2D eigenvalue weighted by Crippen LogP contribution is -2.32. The van der Waals surface area contributed by atoms with Crippen LogP contribution in [0.1, 0.15) is 0 Å². The molecule has 0 aliphatic heterocycles. The highest BCUT2D eigenvalue weighted by Gasteiger charge is 2.14. The summed E-state index contributed by atoms with van der Waals surface area (Å²) in [4.78, 5) is 3.32. The molecular formula is C6H7BFNO2. The maximum Gasteiger partial charge on any atom is 0.491 e. The fraction of sp³-hybridized carbons (Fsp3) is 0.167. The van der Waals surface area contributed by atoms with E-state index in [4.69, 9.17) is 5.02 Å². The first-order chi connectivity index (χ1) is 5.24. The van der Waals surface area contributed by atoms with Crippen molar-refractivity contribution in [3.05, 3.63) is 24.3 Å². The molecule has 11 heavy (non-hydrogen) atoms. The summed E-state index contributed by atoms with van der Waals surface area (Å²) >= 11 is 0. The molecule has 3 nitrogen and oxygen atoms in total. The Hall–Kier alpha value is -0.935. The second kappa shape index (κ2) is 3.45. The van der Waals surface area contributed by atoms with Crippen molar-refractivity contribution in [2.24, 2.45) is 0 Å². The van der Waals surface area contributed by atoms with E-state index in [-0.39, 0.29) is 0 Å². The summed E-state index contributed by atoms with van der Waals surface area (Å²) in [5.41, 5.74) is 0.361. The Morgan fingerprint density at radius 3 is 3.00 bits per heavy atom. The van der Waals surface area contributed by atoms with Crippen LogP contribution in [0.5, 0.6) is 0 Å². The van der Waals surface area contributed by atoms with Gasteiger partial charge in [-0.05, 0) is 17.6 Å². The van der Waals surface area contributed by atoms with Crippen LogP contribution in [0.2, 0.25) is 0 Å². The molecule has 0 aromatic carbocycles. The molecule has 1 N–H and O–H groups in total. The van der Waals surface area contributed by atoms with Gasteiger partial charge in [0.25, 0.3) is 0 Å². The maximum absolute atomic E-state index is 12.4. The van der Waals surface area contributed by atoms with E-state index >= 15 is 0 Å². The van der Waals surface area contributed by atoms with Crippen LogP contribution in [0.3, 0.4) is 0 Å². The zero-order valence-corrected chi connectivity index (χ0v) is 5.99. The SMILES string of the molecule is COB(O)c1ccnc(F)c1. The second-order valence-electron chi connectivity index (χ2n) is 2.00. The summed E-state index contributed by atoms with van der Waals surface area (Å²) in [6, 6.07) is 2.60. The highest BCUT2D eigenvalue weighted by atomic mass is 19.1. The molecule has 0 aliphatic rings. The van der Waals surface area contributed by atoms with Crippen molar-refractivity contribution in [3.63, 3.8) is 0 Å². The predicted molar refractivity (Wildman–Crippen MR) is 38.8 cm³/mol. The minimum absolute atomic E-state index is 0.361. The molecule has 1 aromatic heterocycles. The first kappa shape index (κ1) is 8.16. The predicted octanol–water partition coefficient (Wildman–Crippen LogP) is -0.445. The molecule has 0 atom stereocenters. The molecule has 5 heteroatoms. The summed E-state index contributed by atoms with van der Waals surface area (Å²) in [6.07, 6.45) is 1.27. The first-order valence-corrected chi connectivity index (χ1v) is 3.06. The standard InChI is InChI=1S/C6H7BFNO2/c1-11-7(10)5-2-3-9-6(8)4-5/h2-4,10H,1H3. The van der Waals surface area contributed by atoms with Gasteiger partial charge in [-0.2, -0.15) is 4.39 Å². The van der Waals surface area contributed by atoms with Crippen LogP contribution < -0.4 is 5.46 Å². The summed E-state index contributed by atoms with van der Waals surface area (Å²) < 4.78 is 16.9. The van der Waals surface area contributed by atoms with Crippen LogP contribution in [0.25, 0.3) is 0 Å². The van der Waals surface area contributed by atoms with E-state index in [9.17, 15) is 4.39 Å². The summed E-state index contributed by atoms with van der Waals surface area (Å²) in [7, 11) is 0.260.